The third kappa shape index (κ3) is 7.43. The Bertz CT molecular complexity index is 2140. The molecule has 0 spiro atoms. The standard InChI is InChI=1S/C28H22NOS.C15H28O2.Ir/c1-16-15-30-23-13-21-25(14-20(16)23)31-24-9-10-29-27(26(21)24)18-11-17-7-5-6-8-19(17)22(12-18)28(2,3)4;1-7-14(5,8-2)12(16)11-13(17)15(6,9-3)10-4;/h5-10,12-15H,1-4H3;11,16H,7-10H2,1-6H3;/q-1;;/b;12-11-;. The van der Waals surface area contributed by atoms with Gasteiger partial charge in [-0.15, -0.1) is 40.5 Å². The summed E-state index contributed by atoms with van der Waals surface area (Å²) in [7, 11) is 0. The minimum absolute atomic E-state index is 0. The van der Waals surface area contributed by atoms with Crippen molar-refractivity contribution in [2.24, 2.45) is 10.8 Å². The molecule has 0 bridgehead atoms. The summed E-state index contributed by atoms with van der Waals surface area (Å²) in [5.74, 6) is 0.286. The molecule has 49 heavy (non-hydrogen) atoms. The maximum absolute atomic E-state index is 12.2. The zero-order valence-corrected chi connectivity index (χ0v) is 33.8. The van der Waals surface area contributed by atoms with Crippen LogP contribution in [0, 0.1) is 23.8 Å². The molecular formula is C43H50IrNO3S-. The van der Waals surface area contributed by atoms with E-state index in [1.807, 2.05) is 65.3 Å². The van der Waals surface area contributed by atoms with Crippen molar-refractivity contribution in [2.45, 2.75) is 100 Å². The Morgan fingerprint density at radius 1 is 0.878 bits per heavy atom. The van der Waals surface area contributed by atoms with Gasteiger partial charge < -0.3 is 9.52 Å². The third-order valence-corrected chi connectivity index (χ3v) is 11.8. The number of aliphatic hydroxyl groups is 1. The van der Waals surface area contributed by atoms with Crippen LogP contribution in [-0.4, -0.2) is 15.9 Å². The average molecular weight is 853 g/mol. The zero-order valence-electron chi connectivity index (χ0n) is 30.6. The molecule has 0 atom stereocenters. The van der Waals surface area contributed by atoms with E-state index in [0.717, 1.165) is 47.9 Å². The van der Waals surface area contributed by atoms with Gasteiger partial charge in [-0.05, 0) is 72.6 Å². The third-order valence-electron chi connectivity index (χ3n) is 10.7. The van der Waals surface area contributed by atoms with E-state index in [9.17, 15) is 9.90 Å². The van der Waals surface area contributed by atoms with Crippen LogP contribution in [0.3, 0.4) is 0 Å². The minimum atomic E-state index is -0.337. The summed E-state index contributed by atoms with van der Waals surface area (Å²) in [5.41, 5.74) is 4.87. The summed E-state index contributed by atoms with van der Waals surface area (Å²) in [5, 5.41) is 16.1. The Labute approximate surface area is 309 Å². The van der Waals surface area contributed by atoms with Gasteiger partial charge in [0.2, 0.25) is 0 Å². The van der Waals surface area contributed by atoms with Crippen LogP contribution in [0.25, 0.3) is 53.2 Å². The molecule has 0 amide bonds. The second-order valence-corrected chi connectivity index (χ2v) is 15.8. The summed E-state index contributed by atoms with van der Waals surface area (Å²) in [6, 6.07) is 21.0. The second kappa shape index (κ2) is 14.9. The molecule has 0 saturated carbocycles. The number of hydrogen-bond acceptors (Lipinski definition) is 5. The van der Waals surface area contributed by atoms with Crippen molar-refractivity contribution < 1.29 is 34.4 Å². The first-order chi connectivity index (χ1) is 22.7. The number of pyridine rings is 1. The summed E-state index contributed by atoms with van der Waals surface area (Å²) in [6.45, 7) is 21.0. The van der Waals surface area contributed by atoms with Crippen molar-refractivity contribution in [1.29, 1.82) is 0 Å². The Balaban J connectivity index is 0.000000260. The molecular weight excluding hydrogens is 803 g/mol. The fourth-order valence-corrected chi connectivity index (χ4v) is 7.36. The Morgan fingerprint density at radius 2 is 1.53 bits per heavy atom. The molecule has 0 fully saturated rings. The van der Waals surface area contributed by atoms with Crippen LogP contribution in [0.4, 0.5) is 0 Å². The van der Waals surface area contributed by atoms with Gasteiger partial charge in [-0.2, -0.15) is 0 Å². The van der Waals surface area contributed by atoms with Crippen molar-refractivity contribution in [3.05, 3.63) is 90.0 Å². The van der Waals surface area contributed by atoms with Crippen molar-refractivity contribution in [3.63, 3.8) is 0 Å². The van der Waals surface area contributed by atoms with E-state index >= 15 is 0 Å². The quantitative estimate of drug-likeness (QED) is 0.0941. The first kappa shape index (κ1) is 38.5. The molecule has 0 unspecified atom stereocenters. The van der Waals surface area contributed by atoms with Gasteiger partial charge in [0, 0.05) is 63.7 Å². The first-order valence-corrected chi connectivity index (χ1v) is 18.1. The predicted molar refractivity (Wildman–Crippen MR) is 205 cm³/mol. The average Bonchev–Trinajstić information content (AvgIpc) is 3.64. The van der Waals surface area contributed by atoms with Crippen molar-refractivity contribution in [2.75, 3.05) is 0 Å². The van der Waals surface area contributed by atoms with Gasteiger partial charge in [0.05, 0.1) is 6.26 Å². The van der Waals surface area contributed by atoms with Crippen LogP contribution in [0.15, 0.2) is 77.2 Å². The zero-order chi connectivity index (χ0) is 35.0. The fourth-order valence-electron chi connectivity index (χ4n) is 6.23. The number of nitrogens with zero attached hydrogens (tertiary/aromatic N) is 1. The summed E-state index contributed by atoms with van der Waals surface area (Å²) in [4.78, 5) is 17.0. The number of carbonyl (C=O) groups excluding carboxylic acids is 1. The summed E-state index contributed by atoms with van der Waals surface area (Å²) >= 11 is 1.82. The maximum Gasteiger partial charge on any atom is 0.164 e. The number of rotatable bonds is 8. The summed E-state index contributed by atoms with van der Waals surface area (Å²) in [6.07, 6.45) is 8.51. The van der Waals surface area contributed by atoms with Crippen molar-refractivity contribution in [1.82, 2.24) is 4.98 Å². The number of thiophene rings is 1. The molecule has 3 heterocycles. The SMILES string of the molecule is CCC(C)(CC)C(=O)/C=C(\O)C(C)(CC)CC.Cc1coc2cc3c(cc12)sc1ccnc(-c2[c-]c4ccccc4c(C(C)(C)C)c2)c13.[Ir]. The number of aliphatic hydroxyl groups excluding tert-OH is 1. The Kier molecular flexibility index (Phi) is 11.7. The van der Waals surface area contributed by atoms with Crippen LogP contribution in [-0.2, 0) is 30.3 Å². The van der Waals surface area contributed by atoms with Gasteiger partial charge in [-0.1, -0.05) is 91.5 Å². The van der Waals surface area contributed by atoms with E-state index in [1.165, 1.54) is 48.1 Å². The minimum Gasteiger partial charge on any atom is -0.512 e. The molecule has 261 valence electrons. The number of ketones is 1. The van der Waals surface area contributed by atoms with Crippen LogP contribution in [0.5, 0.6) is 0 Å². The van der Waals surface area contributed by atoms with Gasteiger partial charge in [-0.25, -0.2) is 0 Å². The molecule has 1 radical (unpaired) electrons. The molecule has 0 aliphatic carbocycles. The number of aryl methyl sites for hydroxylation is 1. The van der Waals surface area contributed by atoms with Crippen LogP contribution in [0.1, 0.15) is 99.1 Å². The van der Waals surface area contributed by atoms with Gasteiger partial charge in [0.15, 0.2) is 5.78 Å². The maximum atomic E-state index is 12.2. The summed E-state index contributed by atoms with van der Waals surface area (Å²) < 4.78 is 8.32. The van der Waals surface area contributed by atoms with E-state index in [4.69, 9.17) is 9.40 Å². The van der Waals surface area contributed by atoms with Crippen LogP contribution >= 0.6 is 11.3 Å². The molecule has 4 nitrogen and oxygen atoms in total. The van der Waals surface area contributed by atoms with E-state index in [-0.39, 0.29) is 47.9 Å². The molecule has 6 aromatic rings. The molecule has 3 aromatic carbocycles. The largest absolute Gasteiger partial charge is 0.512 e. The van der Waals surface area contributed by atoms with Gasteiger partial charge in [0.25, 0.3) is 0 Å². The number of allylic oxidation sites excluding steroid dienone is 2. The van der Waals surface area contributed by atoms with Gasteiger partial charge >= 0.3 is 0 Å². The first-order valence-electron chi connectivity index (χ1n) is 17.3. The fraction of sp³-hybridized carbons (Fsp3) is 0.395. The number of fused-ring (bicyclic) bond motifs is 5. The molecule has 3 aromatic heterocycles. The molecule has 0 saturated heterocycles. The van der Waals surface area contributed by atoms with Crippen molar-refractivity contribution in [3.8, 4) is 11.3 Å². The monoisotopic (exact) mass is 853 g/mol. The molecule has 0 aliphatic rings. The van der Waals surface area contributed by atoms with E-state index < -0.39 is 0 Å². The number of benzene rings is 3. The topological polar surface area (TPSA) is 63.3 Å². The number of carbonyl (C=O) groups is 1. The van der Waals surface area contributed by atoms with Gasteiger partial charge in [-0.3, -0.25) is 9.78 Å². The van der Waals surface area contributed by atoms with Gasteiger partial charge in [0.1, 0.15) is 11.3 Å². The molecule has 6 heteroatoms. The molecule has 0 aliphatic heterocycles. The molecule has 1 N–H and O–H groups in total. The normalized spacial score (nSPS) is 12.7. The number of aromatic nitrogens is 1. The smallest absolute Gasteiger partial charge is 0.164 e. The number of furan rings is 1. The van der Waals surface area contributed by atoms with E-state index in [2.05, 4.69) is 82.3 Å². The number of hydrogen-bond donors (Lipinski definition) is 1. The van der Waals surface area contributed by atoms with Crippen molar-refractivity contribution >= 4 is 59.0 Å². The van der Waals surface area contributed by atoms with Crippen LogP contribution < -0.4 is 0 Å². The second-order valence-electron chi connectivity index (χ2n) is 14.7. The van der Waals surface area contributed by atoms with E-state index in [1.54, 1.807) is 0 Å². The molecule has 6 rings (SSSR count). The Morgan fingerprint density at radius 3 is 2.16 bits per heavy atom. The van der Waals surface area contributed by atoms with E-state index in [0.29, 0.717) is 0 Å². The van der Waals surface area contributed by atoms with Crippen LogP contribution in [0.2, 0.25) is 0 Å². The predicted octanol–water partition coefficient (Wildman–Crippen LogP) is 13.1. The Hall–Kier alpha value is -3.31.